The number of aryl methyl sites for hydroxylation is 2. The maximum absolute atomic E-state index is 12.4. The zero-order chi connectivity index (χ0) is 17.5. The van der Waals surface area contributed by atoms with Crippen molar-refractivity contribution in [2.24, 2.45) is 0 Å². The molecule has 1 aliphatic rings. The summed E-state index contributed by atoms with van der Waals surface area (Å²) in [7, 11) is 1.75. The van der Waals surface area contributed by atoms with Crippen molar-refractivity contribution in [3.8, 4) is 0 Å². The van der Waals surface area contributed by atoms with Crippen LogP contribution < -0.4 is 0 Å². The second-order valence-electron chi connectivity index (χ2n) is 6.29. The van der Waals surface area contributed by atoms with E-state index in [9.17, 15) is 9.59 Å². The SMILES string of the molecule is Cc1ccc(CCCC(=O)N2CCO[C@@H](CN(C)CC(=O)O)C2)s1. The van der Waals surface area contributed by atoms with Gasteiger partial charge in [0.1, 0.15) is 0 Å². The topological polar surface area (TPSA) is 70.1 Å². The number of nitrogens with zero attached hydrogens (tertiary/aromatic N) is 2. The van der Waals surface area contributed by atoms with Gasteiger partial charge >= 0.3 is 5.97 Å². The number of carbonyl (C=O) groups excluding carboxylic acids is 1. The van der Waals surface area contributed by atoms with Gasteiger partial charge in [-0.3, -0.25) is 14.5 Å². The highest BCUT2D eigenvalue weighted by molar-refractivity contribution is 7.11. The van der Waals surface area contributed by atoms with Gasteiger partial charge in [0.05, 0.1) is 19.3 Å². The Morgan fingerprint density at radius 1 is 1.46 bits per heavy atom. The van der Waals surface area contributed by atoms with Crippen LogP contribution in [-0.2, 0) is 20.7 Å². The molecule has 24 heavy (non-hydrogen) atoms. The summed E-state index contributed by atoms with van der Waals surface area (Å²) in [5.74, 6) is -0.692. The van der Waals surface area contributed by atoms with E-state index < -0.39 is 5.97 Å². The first-order valence-corrected chi connectivity index (χ1v) is 9.10. The van der Waals surface area contributed by atoms with Crippen molar-refractivity contribution in [3.63, 3.8) is 0 Å². The van der Waals surface area contributed by atoms with Crippen molar-refractivity contribution in [1.82, 2.24) is 9.80 Å². The van der Waals surface area contributed by atoms with Crippen LogP contribution in [0.1, 0.15) is 22.6 Å². The molecule has 0 spiro atoms. The molecule has 0 radical (unpaired) electrons. The minimum atomic E-state index is -0.856. The van der Waals surface area contributed by atoms with Gasteiger partial charge in [-0.2, -0.15) is 0 Å². The summed E-state index contributed by atoms with van der Waals surface area (Å²) >= 11 is 1.79. The van der Waals surface area contributed by atoms with E-state index in [-0.39, 0.29) is 18.6 Å². The van der Waals surface area contributed by atoms with E-state index in [1.807, 2.05) is 4.90 Å². The first kappa shape index (κ1) is 18.9. The average molecular weight is 354 g/mol. The quantitative estimate of drug-likeness (QED) is 0.768. The zero-order valence-corrected chi connectivity index (χ0v) is 15.2. The molecule has 7 heteroatoms. The second kappa shape index (κ2) is 9.15. The van der Waals surface area contributed by atoms with Crippen molar-refractivity contribution in [1.29, 1.82) is 0 Å². The Hall–Kier alpha value is -1.44. The highest BCUT2D eigenvalue weighted by Crippen LogP contribution is 2.18. The van der Waals surface area contributed by atoms with Crippen LogP contribution >= 0.6 is 11.3 Å². The van der Waals surface area contributed by atoms with Crippen LogP contribution in [0.15, 0.2) is 12.1 Å². The minimum Gasteiger partial charge on any atom is -0.480 e. The van der Waals surface area contributed by atoms with Crippen LogP contribution in [0.3, 0.4) is 0 Å². The fourth-order valence-electron chi connectivity index (χ4n) is 2.89. The van der Waals surface area contributed by atoms with Crippen LogP contribution in [0.25, 0.3) is 0 Å². The molecule has 1 aromatic heterocycles. The van der Waals surface area contributed by atoms with Gasteiger partial charge in [-0.25, -0.2) is 0 Å². The molecule has 1 atom stereocenters. The lowest BCUT2D eigenvalue weighted by molar-refractivity contribution is -0.142. The average Bonchev–Trinajstić information content (AvgIpc) is 2.92. The molecule has 0 aliphatic carbocycles. The summed E-state index contributed by atoms with van der Waals surface area (Å²) in [6.45, 7) is 4.27. The minimum absolute atomic E-state index is 0.0198. The standard InChI is InChI=1S/C17H26N2O4S/c1-13-6-7-15(24-13)4-3-5-16(20)19-8-9-23-14(11-19)10-18(2)12-17(21)22/h6-7,14H,3-5,8-12H2,1-2H3,(H,21,22)/t14-/m0/s1. The maximum Gasteiger partial charge on any atom is 0.317 e. The first-order valence-electron chi connectivity index (χ1n) is 8.29. The van der Waals surface area contributed by atoms with Crippen LogP contribution in [0.5, 0.6) is 0 Å². The van der Waals surface area contributed by atoms with E-state index >= 15 is 0 Å². The number of likely N-dealkylation sites (N-methyl/N-ethyl adjacent to an activating group) is 1. The van der Waals surface area contributed by atoms with Crippen LogP contribution in [0.2, 0.25) is 0 Å². The van der Waals surface area contributed by atoms with Crippen LogP contribution in [-0.4, -0.2) is 72.7 Å². The van der Waals surface area contributed by atoms with Gasteiger partial charge in [0, 0.05) is 35.8 Å². The van der Waals surface area contributed by atoms with Crippen molar-refractivity contribution in [3.05, 3.63) is 21.9 Å². The van der Waals surface area contributed by atoms with Crippen molar-refractivity contribution in [2.75, 3.05) is 39.8 Å². The predicted octanol–water partition coefficient (Wildman–Crippen LogP) is 1.62. The summed E-state index contributed by atoms with van der Waals surface area (Å²) in [6.07, 6.45) is 2.24. The normalized spacial score (nSPS) is 18.1. The first-order chi connectivity index (χ1) is 11.4. The fraction of sp³-hybridized carbons (Fsp3) is 0.647. The van der Waals surface area contributed by atoms with Gasteiger partial charge in [0.2, 0.25) is 5.91 Å². The molecule has 1 aliphatic heterocycles. The number of hydrogen-bond acceptors (Lipinski definition) is 5. The molecule has 6 nitrogen and oxygen atoms in total. The molecule has 0 aromatic carbocycles. The molecule has 0 unspecified atom stereocenters. The number of hydrogen-bond donors (Lipinski definition) is 1. The smallest absolute Gasteiger partial charge is 0.317 e. The molecule has 1 aromatic rings. The van der Waals surface area contributed by atoms with Crippen LogP contribution in [0.4, 0.5) is 0 Å². The number of aliphatic carboxylic acids is 1. The number of thiophene rings is 1. The van der Waals surface area contributed by atoms with Crippen molar-refractivity contribution >= 4 is 23.2 Å². The molecule has 2 heterocycles. The van der Waals surface area contributed by atoms with Gasteiger partial charge < -0.3 is 14.7 Å². The van der Waals surface area contributed by atoms with Crippen molar-refractivity contribution < 1.29 is 19.4 Å². The number of carboxylic acids is 1. The van der Waals surface area contributed by atoms with E-state index in [1.54, 1.807) is 23.3 Å². The Kier molecular flexibility index (Phi) is 7.20. The molecule has 1 fully saturated rings. The Labute approximate surface area is 147 Å². The number of morpholine rings is 1. The number of rotatable bonds is 8. The molecular formula is C17H26N2O4S. The van der Waals surface area contributed by atoms with Gasteiger partial charge in [-0.1, -0.05) is 0 Å². The zero-order valence-electron chi connectivity index (χ0n) is 14.4. The molecular weight excluding hydrogens is 328 g/mol. The molecule has 1 saturated heterocycles. The lowest BCUT2D eigenvalue weighted by Crippen LogP contribution is -2.49. The number of amides is 1. The van der Waals surface area contributed by atoms with E-state index in [1.165, 1.54) is 9.75 Å². The molecule has 0 bridgehead atoms. The molecule has 2 rings (SSSR count). The monoisotopic (exact) mass is 354 g/mol. The van der Waals surface area contributed by atoms with Crippen molar-refractivity contribution in [2.45, 2.75) is 32.3 Å². The molecule has 1 amide bonds. The third kappa shape index (κ3) is 6.22. The van der Waals surface area contributed by atoms with E-state index in [4.69, 9.17) is 9.84 Å². The fourth-order valence-corrected chi connectivity index (χ4v) is 3.82. The Morgan fingerprint density at radius 3 is 2.92 bits per heavy atom. The Balaban J connectivity index is 1.72. The largest absolute Gasteiger partial charge is 0.480 e. The summed E-state index contributed by atoms with van der Waals surface area (Å²) in [5, 5.41) is 8.80. The number of carboxylic acid groups (broad SMARTS) is 1. The van der Waals surface area contributed by atoms with Gasteiger partial charge in [0.25, 0.3) is 0 Å². The third-order valence-corrected chi connectivity index (χ3v) is 5.08. The molecule has 0 saturated carbocycles. The molecule has 134 valence electrons. The van der Waals surface area contributed by atoms with Gasteiger partial charge in [0.15, 0.2) is 0 Å². The highest BCUT2D eigenvalue weighted by atomic mass is 32.1. The van der Waals surface area contributed by atoms with E-state index in [0.29, 0.717) is 32.7 Å². The Morgan fingerprint density at radius 2 is 2.25 bits per heavy atom. The third-order valence-electron chi connectivity index (χ3n) is 4.02. The van der Waals surface area contributed by atoms with Gasteiger partial charge in [-0.05, 0) is 38.9 Å². The number of carbonyl (C=O) groups is 2. The van der Waals surface area contributed by atoms with Crippen LogP contribution in [0, 0.1) is 6.92 Å². The lowest BCUT2D eigenvalue weighted by Gasteiger charge is -2.34. The second-order valence-corrected chi connectivity index (χ2v) is 7.66. The summed E-state index contributed by atoms with van der Waals surface area (Å²) in [4.78, 5) is 29.3. The predicted molar refractivity (Wildman–Crippen MR) is 93.4 cm³/mol. The summed E-state index contributed by atoms with van der Waals surface area (Å²) in [6, 6.07) is 4.25. The van der Waals surface area contributed by atoms with E-state index in [2.05, 4.69) is 19.1 Å². The van der Waals surface area contributed by atoms with Gasteiger partial charge in [-0.15, -0.1) is 11.3 Å². The maximum atomic E-state index is 12.4. The number of ether oxygens (including phenoxy) is 1. The lowest BCUT2D eigenvalue weighted by atomic mass is 10.1. The highest BCUT2D eigenvalue weighted by Gasteiger charge is 2.25. The Bertz CT molecular complexity index is 561. The summed E-state index contributed by atoms with van der Waals surface area (Å²) in [5.41, 5.74) is 0. The van der Waals surface area contributed by atoms with E-state index in [0.717, 1.165) is 12.8 Å². The summed E-state index contributed by atoms with van der Waals surface area (Å²) < 4.78 is 5.66. The molecule has 1 N–H and O–H groups in total.